The van der Waals surface area contributed by atoms with E-state index in [1.54, 1.807) is 11.8 Å². The average Bonchev–Trinajstić information content (AvgIpc) is 2.94. The van der Waals surface area contributed by atoms with Gasteiger partial charge in [-0.3, -0.25) is 4.99 Å². The summed E-state index contributed by atoms with van der Waals surface area (Å²) < 4.78 is 0. The number of nitrogens with zero attached hydrogens (tertiary/aromatic N) is 3. The summed E-state index contributed by atoms with van der Waals surface area (Å²) in [6, 6.07) is 8.75. The lowest BCUT2D eigenvalue weighted by molar-refractivity contribution is 0.390. The molecule has 1 N–H and O–H groups in total. The Kier molecular flexibility index (Phi) is 9.31. The molecule has 0 saturated carbocycles. The van der Waals surface area contributed by atoms with Crippen molar-refractivity contribution in [1.82, 2.24) is 15.1 Å². The third-order valence-electron chi connectivity index (χ3n) is 4.19. The van der Waals surface area contributed by atoms with E-state index in [1.165, 1.54) is 30.0 Å². The van der Waals surface area contributed by atoms with E-state index in [2.05, 4.69) is 64.7 Å². The first-order valence-corrected chi connectivity index (χ1v) is 9.08. The van der Waals surface area contributed by atoms with E-state index in [0.717, 1.165) is 25.0 Å². The number of guanidine groups is 1. The molecule has 130 valence electrons. The van der Waals surface area contributed by atoms with Gasteiger partial charge in [0.05, 0.1) is 0 Å². The molecule has 0 spiro atoms. The Morgan fingerprint density at radius 2 is 2.09 bits per heavy atom. The minimum atomic E-state index is 0. The average molecular weight is 448 g/mol. The Morgan fingerprint density at radius 1 is 1.39 bits per heavy atom. The molecule has 0 aromatic heterocycles. The Labute approximate surface area is 162 Å². The van der Waals surface area contributed by atoms with Gasteiger partial charge in [-0.05, 0) is 49.9 Å². The zero-order valence-corrected chi connectivity index (χ0v) is 17.7. The largest absolute Gasteiger partial charge is 0.356 e. The second kappa shape index (κ2) is 10.4. The van der Waals surface area contributed by atoms with Gasteiger partial charge >= 0.3 is 0 Å². The number of hydrogen-bond donors (Lipinski definition) is 1. The maximum absolute atomic E-state index is 4.41. The molecular weight excluding hydrogens is 419 g/mol. The fourth-order valence-electron chi connectivity index (χ4n) is 2.89. The maximum atomic E-state index is 4.41. The lowest BCUT2D eigenvalue weighted by Crippen LogP contribution is -2.41. The van der Waals surface area contributed by atoms with Crippen molar-refractivity contribution in [2.75, 3.05) is 47.0 Å². The highest BCUT2D eigenvalue weighted by atomic mass is 127. The summed E-state index contributed by atoms with van der Waals surface area (Å²) in [6.45, 7) is 4.28. The van der Waals surface area contributed by atoms with Crippen LogP contribution in [0.15, 0.2) is 34.2 Å². The van der Waals surface area contributed by atoms with Crippen molar-refractivity contribution in [2.45, 2.75) is 17.9 Å². The molecule has 1 fully saturated rings. The third kappa shape index (κ3) is 6.51. The van der Waals surface area contributed by atoms with Crippen LogP contribution in [0.4, 0.5) is 0 Å². The first-order valence-electron chi connectivity index (χ1n) is 7.85. The van der Waals surface area contributed by atoms with Crippen LogP contribution in [0.1, 0.15) is 12.0 Å². The van der Waals surface area contributed by atoms with Crippen LogP contribution < -0.4 is 5.32 Å². The smallest absolute Gasteiger partial charge is 0.193 e. The molecule has 0 aliphatic carbocycles. The standard InChI is InChI=1S/C17H28N4S.HI/c1-18-17(19-11-15-9-10-20(2)12-15)21(3)13-14-5-7-16(22-4)8-6-14;/h5-8,15H,9-13H2,1-4H3,(H,18,19);1H. The normalized spacial score (nSPS) is 18.6. The molecule has 1 aromatic carbocycles. The van der Waals surface area contributed by atoms with E-state index in [9.17, 15) is 0 Å². The molecule has 0 bridgehead atoms. The number of benzene rings is 1. The van der Waals surface area contributed by atoms with Gasteiger partial charge in [-0.15, -0.1) is 35.7 Å². The highest BCUT2D eigenvalue weighted by Gasteiger charge is 2.19. The quantitative estimate of drug-likeness (QED) is 0.325. The molecule has 0 amide bonds. The van der Waals surface area contributed by atoms with Crippen molar-refractivity contribution in [2.24, 2.45) is 10.9 Å². The molecular formula is C17H29IN4S. The van der Waals surface area contributed by atoms with Gasteiger partial charge in [-0.25, -0.2) is 0 Å². The van der Waals surface area contributed by atoms with Crippen LogP contribution in [0, 0.1) is 5.92 Å². The minimum absolute atomic E-state index is 0. The SMILES string of the molecule is CN=C(NCC1CCN(C)C1)N(C)Cc1ccc(SC)cc1.I. The number of likely N-dealkylation sites (tertiary alicyclic amines) is 1. The van der Waals surface area contributed by atoms with Crippen molar-refractivity contribution >= 4 is 41.7 Å². The summed E-state index contributed by atoms with van der Waals surface area (Å²) in [4.78, 5) is 10.3. The summed E-state index contributed by atoms with van der Waals surface area (Å²) in [5.41, 5.74) is 1.31. The highest BCUT2D eigenvalue weighted by molar-refractivity contribution is 14.0. The molecule has 23 heavy (non-hydrogen) atoms. The van der Waals surface area contributed by atoms with Crippen LogP contribution in [0.25, 0.3) is 0 Å². The van der Waals surface area contributed by atoms with E-state index in [-0.39, 0.29) is 24.0 Å². The molecule has 6 heteroatoms. The number of aliphatic imine (C=N–C) groups is 1. The Balaban J connectivity index is 0.00000264. The topological polar surface area (TPSA) is 30.9 Å². The van der Waals surface area contributed by atoms with Crippen LogP contribution in [-0.4, -0.2) is 62.8 Å². The summed E-state index contributed by atoms with van der Waals surface area (Å²) in [5, 5.41) is 3.52. The van der Waals surface area contributed by atoms with Crippen molar-refractivity contribution < 1.29 is 0 Å². The van der Waals surface area contributed by atoms with Crippen LogP contribution in [-0.2, 0) is 6.54 Å². The summed E-state index contributed by atoms with van der Waals surface area (Å²) in [5.74, 6) is 1.71. The van der Waals surface area contributed by atoms with Crippen LogP contribution in [0.2, 0.25) is 0 Å². The van der Waals surface area contributed by atoms with Gasteiger partial charge in [0.1, 0.15) is 0 Å². The van der Waals surface area contributed by atoms with Crippen molar-refractivity contribution in [3.05, 3.63) is 29.8 Å². The molecule has 1 heterocycles. The molecule has 1 saturated heterocycles. The molecule has 4 nitrogen and oxygen atoms in total. The van der Waals surface area contributed by atoms with Crippen LogP contribution >= 0.6 is 35.7 Å². The van der Waals surface area contributed by atoms with Crippen LogP contribution in [0.3, 0.4) is 0 Å². The van der Waals surface area contributed by atoms with Crippen LogP contribution in [0.5, 0.6) is 0 Å². The number of halogens is 1. The van der Waals surface area contributed by atoms with E-state index in [4.69, 9.17) is 0 Å². The second-order valence-corrected chi connectivity index (χ2v) is 6.93. The number of rotatable bonds is 5. The molecule has 0 radical (unpaired) electrons. The van der Waals surface area contributed by atoms with E-state index in [0.29, 0.717) is 0 Å². The number of thioether (sulfide) groups is 1. The second-order valence-electron chi connectivity index (χ2n) is 6.05. The van der Waals surface area contributed by atoms with Gasteiger partial charge in [0.25, 0.3) is 0 Å². The third-order valence-corrected chi connectivity index (χ3v) is 4.93. The van der Waals surface area contributed by atoms with Gasteiger partial charge < -0.3 is 15.1 Å². The molecule has 1 unspecified atom stereocenters. The molecule has 2 rings (SSSR count). The molecule has 1 aromatic rings. The monoisotopic (exact) mass is 448 g/mol. The van der Waals surface area contributed by atoms with Crippen molar-refractivity contribution in [3.63, 3.8) is 0 Å². The Bertz CT molecular complexity index is 492. The summed E-state index contributed by atoms with van der Waals surface area (Å²) >= 11 is 1.78. The predicted molar refractivity (Wildman–Crippen MR) is 112 cm³/mol. The fourth-order valence-corrected chi connectivity index (χ4v) is 3.30. The molecule has 1 atom stereocenters. The predicted octanol–water partition coefficient (Wildman–Crippen LogP) is 2.99. The lowest BCUT2D eigenvalue weighted by Gasteiger charge is -2.23. The Hall–Kier alpha value is -0.470. The molecule has 1 aliphatic heterocycles. The van der Waals surface area contributed by atoms with Crippen molar-refractivity contribution in [3.8, 4) is 0 Å². The lowest BCUT2D eigenvalue weighted by atomic mass is 10.1. The van der Waals surface area contributed by atoms with Gasteiger partial charge in [0.15, 0.2) is 5.96 Å². The molecule has 1 aliphatic rings. The van der Waals surface area contributed by atoms with E-state index in [1.807, 2.05) is 7.05 Å². The number of hydrogen-bond acceptors (Lipinski definition) is 3. The van der Waals surface area contributed by atoms with Crippen molar-refractivity contribution in [1.29, 1.82) is 0 Å². The fraction of sp³-hybridized carbons (Fsp3) is 0.588. The van der Waals surface area contributed by atoms with E-state index >= 15 is 0 Å². The van der Waals surface area contributed by atoms with Gasteiger partial charge in [-0.2, -0.15) is 0 Å². The zero-order valence-electron chi connectivity index (χ0n) is 14.6. The highest BCUT2D eigenvalue weighted by Crippen LogP contribution is 2.16. The van der Waals surface area contributed by atoms with E-state index < -0.39 is 0 Å². The van der Waals surface area contributed by atoms with Gasteiger partial charge in [0.2, 0.25) is 0 Å². The van der Waals surface area contributed by atoms with Gasteiger partial charge in [-0.1, -0.05) is 12.1 Å². The zero-order chi connectivity index (χ0) is 15.9. The maximum Gasteiger partial charge on any atom is 0.193 e. The number of nitrogens with one attached hydrogen (secondary N) is 1. The van der Waals surface area contributed by atoms with Gasteiger partial charge in [0, 0.05) is 38.6 Å². The summed E-state index contributed by atoms with van der Waals surface area (Å²) in [6.07, 6.45) is 3.38. The Morgan fingerprint density at radius 3 is 2.61 bits per heavy atom. The first kappa shape index (κ1) is 20.6. The summed E-state index contributed by atoms with van der Waals surface area (Å²) in [7, 11) is 6.15. The first-order chi connectivity index (χ1) is 10.6. The minimum Gasteiger partial charge on any atom is -0.356 e.